The van der Waals surface area contributed by atoms with Crippen LogP contribution in [0.4, 0.5) is 0 Å². The average Bonchev–Trinajstić information content (AvgIpc) is 3.02. The van der Waals surface area contributed by atoms with Gasteiger partial charge in [0.1, 0.15) is 0 Å². The van der Waals surface area contributed by atoms with Crippen molar-refractivity contribution in [3.63, 3.8) is 0 Å². The van der Waals surface area contributed by atoms with E-state index >= 15 is 0 Å². The zero-order valence-electron chi connectivity index (χ0n) is 11.2. The molecule has 1 N–H and O–H groups in total. The number of aliphatic carboxylic acids is 1. The predicted octanol–water partition coefficient (Wildman–Crippen LogP) is 2.55. The molecule has 1 aliphatic rings. The fourth-order valence-corrected chi connectivity index (χ4v) is 3.15. The minimum atomic E-state index is -0.803. The maximum atomic E-state index is 11.9. The zero-order chi connectivity index (χ0) is 14.0. The Morgan fingerprint density at radius 1 is 1.10 bits per heavy atom. The lowest BCUT2D eigenvalue weighted by Gasteiger charge is -2.34. The van der Waals surface area contributed by atoms with Crippen LogP contribution in [0, 0.1) is 0 Å². The van der Waals surface area contributed by atoms with Crippen molar-refractivity contribution >= 4 is 5.97 Å². The van der Waals surface area contributed by atoms with Crippen molar-refractivity contribution in [3.8, 4) is 5.69 Å². The number of nitrogens with zero attached hydrogens (tertiary/aromatic N) is 3. The Morgan fingerprint density at radius 2 is 1.75 bits per heavy atom. The molecule has 1 heterocycles. The average molecular weight is 271 g/mol. The summed E-state index contributed by atoms with van der Waals surface area (Å²) in [5.74, 6) is -0.739. The predicted molar refractivity (Wildman–Crippen MR) is 73.8 cm³/mol. The van der Waals surface area contributed by atoms with Gasteiger partial charge in [0.05, 0.1) is 23.5 Å². The summed E-state index contributed by atoms with van der Waals surface area (Å²) < 4.78 is 0. The first-order valence-electron chi connectivity index (χ1n) is 6.94. The molecule has 1 aliphatic carbocycles. The van der Waals surface area contributed by atoms with E-state index in [2.05, 4.69) is 10.2 Å². The van der Waals surface area contributed by atoms with Gasteiger partial charge < -0.3 is 5.11 Å². The van der Waals surface area contributed by atoms with E-state index in [0.717, 1.165) is 30.5 Å². The molecule has 0 radical (unpaired) electrons. The highest BCUT2D eigenvalue weighted by Crippen LogP contribution is 2.41. The topological polar surface area (TPSA) is 68.0 Å². The molecule has 0 atom stereocenters. The molecule has 1 fully saturated rings. The van der Waals surface area contributed by atoms with Crippen LogP contribution in [0.2, 0.25) is 0 Å². The van der Waals surface area contributed by atoms with Crippen LogP contribution in [0.25, 0.3) is 5.69 Å². The molecule has 0 unspecified atom stereocenters. The van der Waals surface area contributed by atoms with E-state index < -0.39 is 11.4 Å². The second kappa shape index (κ2) is 5.07. The van der Waals surface area contributed by atoms with Gasteiger partial charge in [0.25, 0.3) is 0 Å². The second-order valence-electron chi connectivity index (χ2n) is 5.28. The summed E-state index contributed by atoms with van der Waals surface area (Å²) in [5, 5.41) is 18.1. The minimum absolute atomic E-state index is 0.681. The number of hydrogen-bond donors (Lipinski definition) is 1. The Morgan fingerprint density at radius 3 is 2.40 bits per heavy atom. The van der Waals surface area contributed by atoms with Gasteiger partial charge in [-0.25, -0.2) is 0 Å². The van der Waals surface area contributed by atoms with Crippen LogP contribution in [0.5, 0.6) is 0 Å². The van der Waals surface area contributed by atoms with Gasteiger partial charge in [0.15, 0.2) is 0 Å². The normalized spacial score (nSPS) is 17.8. The molecular formula is C15H17N3O2. The Labute approximate surface area is 117 Å². The quantitative estimate of drug-likeness (QED) is 0.931. The summed E-state index contributed by atoms with van der Waals surface area (Å²) in [4.78, 5) is 13.5. The van der Waals surface area contributed by atoms with E-state index in [0.29, 0.717) is 12.8 Å². The van der Waals surface area contributed by atoms with E-state index in [-0.39, 0.29) is 0 Å². The Bertz CT molecular complexity index is 601. The summed E-state index contributed by atoms with van der Waals surface area (Å²) in [6, 6.07) is 7.56. The monoisotopic (exact) mass is 271 g/mol. The fraction of sp³-hybridized carbons (Fsp3) is 0.400. The first-order valence-corrected chi connectivity index (χ1v) is 6.94. The highest BCUT2D eigenvalue weighted by atomic mass is 16.4. The van der Waals surface area contributed by atoms with Crippen LogP contribution >= 0.6 is 0 Å². The lowest BCUT2D eigenvalue weighted by Crippen LogP contribution is -2.38. The van der Waals surface area contributed by atoms with Crippen molar-refractivity contribution in [2.75, 3.05) is 0 Å². The molecule has 0 amide bonds. The van der Waals surface area contributed by atoms with Crippen molar-refractivity contribution in [2.24, 2.45) is 0 Å². The Kier molecular flexibility index (Phi) is 3.26. The van der Waals surface area contributed by atoms with E-state index in [9.17, 15) is 9.90 Å². The zero-order valence-corrected chi connectivity index (χ0v) is 11.2. The summed E-state index contributed by atoms with van der Waals surface area (Å²) in [6.07, 6.45) is 7.58. The highest BCUT2D eigenvalue weighted by molar-refractivity contribution is 5.83. The van der Waals surface area contributed by atoms with Crippen LogP contribution in [0.1, 0.15) is 37.7 Å². The smallest absolute Gasteiger partial charge is 0.314 e. The standard InChI is InChI=1S/C15H17N3O2/c19-14(20)15(8-4-1-5-9-15)12-6-2-3-7-13(12)18-16-10-11-17-18/h2-3,6-7,10-11H,1,4-5,8-9H2,(H,19,20). The molecule has 2 aromatic rings. The van der Waals surface area contributed by atoms with E-state index in [1.54, 1.807) is 12.4 Å². The summed E-state index contributed by atoms with van der Waals surface area (Å²) in [6.45, 7) is 0. The molecule has 5 heteroatoms. The number of benzene rings is 1. The first kappa shape index (κ1) is 12.8. The van der Waals surface area contributed by atoms with Crippen LogP contribution in [-0.4, -0.2) is 26.1 Å². The third-order valence-electron chi connectivity index (χ3n) is 4.17. The van der Waals surface area contributed by atoms with Gasteiger partial charge in [-0.15, -0.1) is 0 Å². The minimum Gasteiger partial charge on any atom is -0.481 e. The van der Waals surface area contributed by atoms with Gasteiger partial charge in [-0.1, -0.05) is 37.5 Å². The molecule has 0 spiro atoms. The molecule has 0 aliphatic heterocycles. The van der Waals surface area contributed by atoms with Crippen molar-refractivity contribution in [2.45, 2.75) is 37.5 Å². The molecule has 0 bridgehead atoms. The van der Waals surface area contributed by atoms with Crippen molar-refractivity contribution in [3.05, 3.63) is 42.2 Å². The molecule has 3 rings (SSSR count). The van der Waals surface area contributed by atoms with Gasteiger partial charge >= 0.3 is 5.97 Å². The van der Waals surface area contributed by atoms with Crippen LogP contribution in [0.3, 0.4) is 0 Å². The summed E-state index contributed by atoms with van der Waals surface area (Å²) in [5.41, 5.74) is 0.785. The number of aromatic nitrogens is 3. The first-order chi connectivity index (χ1) is 9.74. The number of para-hydroxylation sites is 1. The molecule has 1 saturated carbocycles. The maximum absolute atomic E-state index is 11.9. The molecule has 1 aromatic heterocycles. The molecular weight excluding hydrogens is 254 g/mol. The van der Waals surface area contributed by atoms with Gasteiger partial charge in [0, 0.05) is 0 Å². The molecule has 0 saturated heterocycles. The number of hydrogen-bond acceptors (Lipinski definition) is 3. The van der Waals surface area contributed by atoms with Crippen LogP contribution in [0.15, 0.2) is 36.7 Å². The van der Waals surface area contributed by atoms with Gasteiger partial charge in [-0.05, 0) is 24.5 Å². The van der Waals surface area contributed by atoms with Crippen molar-refractivity contribution in [1.82, 2.24) is 15.0 Å². The van der Waals surface area contributed by atoms with E-state index in [1.807, 2.05) is 24.3 Å². The van der Waals surface area contributed by atoms with Crippen LogP contribution < -0.4 is 0 Å². The molecule has 104 valence electrons. The van der Waals surface area contributed by atoms with Crippen LogP contribution in [-0.2, 0) is 10.2 Å². The lowest BCUT2D eigenvalue weighted by atomic mass is 9.69. The van der Waals surface area contributed by atoms with E-state index in [4.69, 9.17) is 0 Å². The summed E-state index contributed by atoms with van der Waals surface area (Å²) in [7, 11) is 0. The number of carboxylic acids is 1. The fourth-order valence-electron chi connectivity index (χ4n) is 3.15. The van der Waals surface area contributed by atoms with Gasteiger partial charge in [-0.2, -0.15) is 15.0 Å². The number of carboxylic acid groups (broad SMARTS) is 1. The van der Waals surface area contributed by atoms with Gasteiger partial charge in [-0.3, -0.25) is 4.79 Å². The molecule has 1 aromatic carbocycles. The van der Waals surface area contributed by atoms with E-state index in [1.165, 1.54) is 4.80 Å². The summed E-state index contributed by atoms with van der Waals surface area (Å²) >= 11 is 0. The Balaban J connectivity index is 2.15. The van der Waals surface area contributed by atoms with Crippen molar-refractivity contribution < 1.29 is 9.90 Å². The highest BCUT2D eigenvalue weighted by Gasteiger charge is 2.43. The maximum Gasteiger partial charge on any atom is 0.314 e. The largest absolute Gasteiger partial charge is 0.481 e. The Hall–Kier alpha value is -2.17. The third-order valence-corrected chi connectivity index (χ3v) is 4.17. The SMILES string of the molecule is O=C(O)C1(c2ccccc2-n2nccn2)CCCCC1. The number of rotatable bonds is 3. The van der Waals surface area contributed by atoms with Gasteiger partial charge in [0.2, 0.25) is 0 Å². The molecule has 5 nitrogen and oxygen atoms in total. The number of carbonyl (C=O) groups is 1. The molecule has 20 heavy (non-hydrogen) atoms. The second-order valence-corrected chi connectivity index (χ2v) is 5.28. The lowest BCUT2D eigenvalue weighted by molar-refractivity contribution is -0.145. The van der Waals surface area contributed by atoms with Crippen molar-refractivity contribution in [1.29, 1.82) is 0 Å². The third kappa shape index (κ3) is 1.99.